The molecular weight excluding hydrogens is 322 g/mol. The predicted molar refractivity (Wildman–Crippen MR) is 109 cm³/mol. The van der Waals surface area contributed by atoms with Gasteiger partial charge in [0, 0.05) is 31.7 Å². The summed E-state index contributed by atoms with van der Waals surface area (Å²) in [5.74, 6) is 0.281. The largest absolute Gasteiger partial charge is 0.375 e. The third-order valence-corrected chi connectivity index (χ3v) is 5.69. The third-order valence-electron chi connectivity index (χ3n) is 5.69. The maximum Gasteiger partial charge on any atom is 0.163 e. The lowest BCUT2D eigenvalue weighted by Crippen LogP contribution is -2.46. The summed E-state index contributed by atoms with van der Waals surface area (Å²) in [5.41, 5.74) is 2.08. The molecule has 0 atom stereocenters. The topological polar surface area (TPSA) is 29.5 Å². The highest BCUT2D eigenvalue weighted by Crippen LogP contribution is 2.32. The SMILES string of the molecule is CCCCC1(OCCC)CCN(CCCC(=O)c2ccccc2C)CC1. The van der Waals surface area contributed by atoms with E-state index in [-0.39, 0.29) is 11.4 Å². The molecule has 1 aromatic carbocycles. The summed E-state index contributed by atoms with van der Waals surface area (Å²) < 4.78 is 6.30. The van der Waals surface area contributed by atoms with Crippen LogP contribution in [0, 0.1) is 6.92 Å². The Morgan fingerprint density at radius 1 is 1.12 bits per heavy atom. The second kappa shape index (κ2) is 10.8. The van der Waals surface area contributed by atoms with Crippen LogP contribution in [-0.2, 0) is 4.74 Å². The molecule has 0 spiro atoms. The van der Waals surface area contributed by atoms with Gasteiger partial charge in [-0.3, -0.25) is 4.79 Å². The number of hydrogen-bond acceptors (Lipinski definition) is 3. The molecule has 146 valence electrons. The Morgan fingerprint density at radius 2 is 1.85 bits per heavy atom. The number of piperidine rings is 1. The van der Waals surface area contributed by atoms with Crippen molar-refractivity contribution >= 4 is 5.78 Å². The van der Waals surface area contributed by atoms with E-state index in [4.69, 9.17) is 4.74 Å². The normalized spacial score (nSPS) is 17.3. The molecule has 2 rings (SSSR count). The van der Waals surface area contributed by atoms with Gasteiger partial charge in [0.2, 0.25) is 0 Å². The number of unbranched alkanes of at least 4 members (excludes halogenated alkanes) is 1. The molecule has 0 amide bonds. The van der Waals surface area contributed by atoms with Crippen LogP contribution in [-0.4, -0.2) is 42.5 Å². The van der Waals surface area contributed by atoms with E-state index in [9.17, 15) is 4.79 Å². The summed E-state index contributed by atoms with van der Waals surface area (Å²) in [7, 11) is 0. The number of rotatable bonds is 11. The van der Waals surface area contributed by atoms with E-state index in [0.29, 0.717) is 6.42 Å². The summed E-state index contributed by atoms with van der Waals surface area (Å²) in [4.78, 5) is 14.9. The second-order valence-corrected chi connectivity index (χ2v) is 7.82. The first-order chi connectivity index (χ1) is 12.6. The molecule has 26 heavy (non-hydrogen) atoms. The third kappa shape index (κ3) is 6.21. The van der Waals surface area contributed by atoms with Crippen LogP contribution in [0.1, 0.15) is 81.1 Å². The zero-order valence-corrected chi connectivity index (χ0v) is 17.1. The molecule has 1 saturated heterocycles. The quantitative estimate of drug-likeness (QED) is 0.495. The standard InChI is InChI=1S/C23H37NO2/c1-4-6-13-23(26-19-5-2)14-17-24(18-15-23)16-9-12-22(25)21-11-8-7-10-20(21)3/h7-8,10-11H,4-6,9,12-19H2,1-3H3. The maximum absolute atomic E-state index is 12.4. The number of ketones is 1. The Hall–Kier alpha value is -1.19. The fourth-order valence-electron chi connectivity index (χ4n) is 3.95. The minimum Gasteiger partial charge on any atom is -0.375 e. The van der Waals surface area contributed by atoms with Crippen LogP contribution in [0.4, 0.5) is 0 Å². The van der Waals surface area contributed by atoms with Gasteiger partial charge in [0.15, 0.2) is 5.78 Å². The number of nitrogens with zero attached hydrogens (tertiary/aromatic N) is 1. The van der Waals surface area contributed by atoms with Gasteiger partial charge in [0.1, 0.15) is 0 Å². The van der Waals surface area contributed by atoms with Gasteiger partial charge >= 0.3 is 0 Å². The van der Waals surface area contributed by atoms with Gasteiger partial charge in [-0.15, -0.1) is 0 Å². The molecule has 0 saturated carbocycles. The molecule has 3 heteroatoms. The minimum atomic E-state index is 0.111. The zero-order valence-electron chi connectivity index (χ0n) is 17.1. The first-order valence-corrected chi connectivity index (χ1v) is 10.6. The highest BCUT2D eigenvalue weighted by molar-refractivity contribution is 5.97. The number of carbonyl (C=O) groups is 1. The van der Waals surface area contributed by atoms with Crippen LogP contribution >= 0.6 is 0 Å². The maximum atomic E-state index is 12.4. The average Bonchev–Trinajstić information content (AvgIpc) is 2.66. The van der Waals surface area contributed by atoms with Crippen LogP contribution in [0.2, 0.25) is 0 Å². The molecule has 0 aromatic heterocycles. The van der Waals surface area contributed by atoms with Gasteiger partial charge in [0.05, 0.1) is 5.60 Å². The fraction of sp³-hybridized carbons (Fsp3) is 0.696. The van der Waals surface area contributed by atoms with Crippen LogP contribution < -0.4 is 0 Å². The van der Waals surface area contributed by atoms with E-state index in [0.717, 1.165) is 63.1 Å². The fourth-order valence-corrected chi connectivity index (χ4v) is 3.95. The number of aryl methyl sites for hydroxylation is 1. The van der Waals surface area contributed by atoms with Gasteiger partial charge < -0.3 is 9.64 Å². The van der Waals surface area contributed by atoms with E-state index in [1.807, 2.05) is 31.2 Å². The lowest BCUT2D eigenvalue weighted by atomic mass is 9.86. The van der Waals surface area contributed by atoms with Gasteiger partial charge in [0.25, 0.3) is 0 Å². The first-order valence-electron chi connectivity index (χ1n) is 10.6. The van der Waals surface area contributed by atoms with Gasteiger partial charge in [-0.25, -0.2) is 0 Å². The van der Waals surface area contributed by atoms with Crippen molar-refractivity contribution in [3.05, 3.63) is 35.4 Å². The Morgan fingerprint density at radius 3 is 2.50 bits per heavy atom. The molecule has 1 aromatic rings. The highest BCUT2D eigenvalue weighted by atomic mass is 16.5. The zero-order chi connectivity index (χ0) is 18.8. The van der Waals surface area contributed by atoms with Crippen molar-refractivity contribution in [3.8, 4) is 0 Å². The molecule has 1 aliphatic rings. The number of benzene rings is 1. The molecule has 1 heterocycles. The van der Waals surface area contributed by atoms with Crippen molar-refractivity contribution in [2.75, 3.05) is 26.2 Å². The number of Topliss-reactive ketones (excluding diaryl/α,β-unsaturated/α-hetero) is 1. The van der Waals surface area contributed by atoms with Crippen molar-refractivity contribution in [2.24, 2.45) is 0 Å². The molecule has 0 radical (unpaired) electrons. The van der Waals surface area contributed by atoms with E-state index < -0.39 is 0 Å². The Kier molecular flexibility index (Phi) is 8.80. The predicted octanol–water partition coefficient (Wildman–Crippen LogP) is 5.41. The summed E-state index contributed by atoms with van der Waals surface area (Å²) in [5, 5.41) is 0. The van der Waals surface area contributed by atoms with Crippen LogP contribution in [0.15, 0.2) is 24.3 Å². The van der Waals surface area contributed by atoms with Gasteiger partial charge in [-0.1, -0.05) is 51.0 Å². The second-order valence-electron chi connectivity index (χ2n) is 7.82. The summed E-state index contributed by atoms with van der Waals surface area (Å²) in [6.45, 7) is 10.6. The Bertz CT molecular complexity index is 537. The number of likely N-dealkylation sites (tertiary alicyclic amines) is 1. The summed E-state index contributed by atoms with van der Waals surface area (Å²) in [6, 6.07) is 7.91. The molecule has 0 bridgehead atoms. The van der Waals surface area contributed by atoms with E-state index in [1.54, 1.807) is 0 Å². The van der Waals surface area contributed by atoms with Crippen LogP contribution in [0.5, 0.6) is 0 Å². The van der Waals surface area contributed by atoms with E-state index >= 15 is 0 Å². The summed E-state index contributed by atoms with van der Waals surface area (Å²) in [6.07, 6.45) is 8.66. The van der Waals surface area contributed by atoms with E-state index in [2.05, 4.69) is 18.7 Å². The molecule has 1 fully saturated rings. The first kappa shape index (κ1) is 21.1. The molecule has 3 nitrogen and oxygen atoms in total. The molecule has 1 aliphatic heterocycles. The van der Waals surface area contributed by atoms with Crippen molar-refractivity contribution in [1.29, 1.82) is 0 Å². The van der Waals surface area contributed by atoms with Crippen molar-refractivity contribution in [2.45, 2.75) is 77.7 Å². The van der Waals surface area contributed by atoms with E-state index in [1.165, 1.54) is 19.3 Å². The van der Waals surface area contributed by atoms with Crippen LogP contribution in [0.3, 0.4) is 0 Å². The van der Waals surface area contributed by atoms with Gasteiger partial charge in [-0.2, -0.15) is 0 Å². The lowest BCUT2D eigenvalue weighted by Gasteiger charge is -2.42. The smallest absolute Gasteiger partial charge is 0.163 e. The number of carbonyl (C=O) groups excluding carboxylic acids is 1. The monoisotopic (exact) mass is 359 g/mol. The van der Waals surface area contributed by atoms with Crippen molar-refractivity contribution in [1.82, 2.24) is 4.90 Å². The molecule has 0 aliphatic carbocycles. The number of ether oxygens (including phenoxy) is 1. The molecule has 0 unspecified atom stereocenters. The average molecular weight is 360 g/mol. The number of hydrogen-bond donors (Lipinski definition) is 0. The van der Waals surface area contributed by atoms with Crippen LogP contribution in [0.25, 0.3) is 0 Å². The van der Waals surface area contributed by atoms with Crippen molar-refractivity contribution < 1.29 is 9.53 Å². The van der Waals surface area contributed by atoms with Crippen molar-refractivity contribution in [3.63, 3.8) is 0 Å². The molecular formula is C23H37NO2. The Labute approximate surface area is 160 Å². The van der Waals surface area contributed by atoms with Gasteiger partial charge in [-0.05, 0) is 51.1 Å². The minimum absolute atomic E-state index is 0.111. The Balaban J connectivity index is 1.75. The summed E-state index contributed by atoms with van der Waals surface area (Å²) >= 11 is 0. The lowest BCUT2D eigenvalue weighted by molar-refractivity contribution is -0.0899. The highest BCUT2D eigenvalue weighted by Gasteiger charge is 2.34. The molecule has 0 N–H and O–H groups in total.